The van der Waals surface area contributed by atoms with Gasteiger partial charge in [-0.05, 0) is 48.4 Å². The lowest BCUT2D eigenvalue weighted by atomic mass is 10.1. The van der Waals surface area contributed by atoms with Gasteiger partial charge < -0.3 is 19.3 Å². The number of hydrogen-bond donors (Lipinski definition) is 1. The summed E-state index contributed by atoms with van der Waals surface area (Å²) in [4.78, 5) is 28.5. The molecule has 0 saturated carbocycles. The molecule has 7 nitrogen and oxygen atoms in total. The molecule has 0 saturated heterocycles. The zero-order valence-corrected chi connectivity index (χ0v) is 20.5. The van der Waals surface area contributed by atoms with Crippen molar-refractivity contribution in [3.05, 3.63) is 74.9 Å². The number of carbonyl (C=O) groups is 2. The molecule has 0 aliphatic carbocycles. The van der Waals surface area contributed by atoms with Crippen LogP contribution in [-0.4, -0.2) is 35.7 Å². The molecule has 0 radical (unpaired) electrons. The molecule has 0 aromatic heterocycles. The molecule has 1 amide bonds. The highest BCUT2D eigenvalue weighted by Crippen LogP contribution is 2.40. The lowest BCUT2D eigenvalue weighted by molar-refractivity contribution is -0.138. The number of amides is 1. The number of esters is 1. The first kappa shape index (κ1) is 25.4. The Morgan fingerprint density at radius 3 is 2.50 bits per heavy atom. The summed E-state index contributed by atoms with van der Waals surface area (Å²) in [7, 11) is 1.53. The molecule has 0 bridgehead atoms. The fourth-order valence-electron chi connectivity index (χ4n) is 2.97. The standard InChI is InChI=1S/C25H24ClNO6S/c1-4-21(28)27-24-22(25(30)32-5-2)23(29)20(34-24)13-16-8-11-18(19(12-16)31-3)33-14-15-6-9-17(26)10-7-15/h6-13,29H,4-5,14H2,1-3H3/b20-13-,27-24?. The van der Waals surface area contributed by atoms with Crippen molar-refractivity contribution < 1.29 is 28.9 Å². The van der Waals surface area contributed by atoms with Gasteiger partial charge in [0.25, 0.3) is 0 Å². The minimum atomic E-state index is -0.734. The lowest BCUT2D eigenvalue weighted by Gasteiger charge is -2.12. The van der Waals surface area contributed by atoms with Gasteiger partial charge in [-0.15, -0.1) is 0 Å². The summed E-state index contributed by atoms with van der Waals surface area (Å²) in [5.74, 6) is -0.380. The van der Waals surface area contributed by atoms with Crippen LogP contribution in [0.3, 0.4) is 0 Å². The number of nitrogens with zero attached hydrogens (tertiary/aromatic N) is 1. The maximum absolute atomic E-state index is 12.4. The summed E-state index contributed by atoms with van der Waals surface area (Å²) in [6.45, 7) is 3.79. The third kappa shape index (κ3) is 6.21. The molecule has 0 unspecified atom stereocenters. The van der Waals surface area contributed by atoms with E-state index in [-0.39, 0.29) is 29.4 Å². The molecule has 3 rings (SSSR count). The largest absolute Gasteiger partial charge is 0.506 e. The quantitative estimate of drug-likeness (QED) is 0.462. The van der Waals surface area contributed by atoms with E-state index in [2.05, 4.69) is 4.99 Å². The SMILES string of the molecule is CCOC(=O)C1=C(O)/C(=C/c2ccc(OCc3ccc(Cl)cc3)c(OC)c2)SC1=NC(=O)CC. The van der Waals surface area contributed by atoms with E-state index in [1.54, 1.807) is 50.3 Å². The van der Waals surface area contributed by atoms with Crippen molar-refractivity contribution in [3.63, 3.8) is 0 Å². The smallest absolute Gasteiger partial charge is 0.344 e. The molecule has 178 valence electrons. The van der Waals surface area contributed by atoms with Crippen molar-refractivity contribution in [1.29, 1.82) is 0 Å². The van der Waals surface area contributed by atoms with Crippen molar-refractivity contribution in [1.82, 2.24) is 0 Å². The Hall–Kier alpha value is -3.23. The Balaban J connectivity index is 1.87. The van der Waals surface area contributed by atoms with Gasteiger partial charge in [-0.1, -0.05) is 48.5 Å². The van der Waals surface area contributed by atoms with Gasteiger partial charge >= 0.3 is 5.97 Å². The fourth-order valence-corrected chi connectivity index (χ4v) is 4.13. The van der Waals surface area contributed by atoms with Crippen molar-refractivity contribution in [2.24, 2.45) is 4.99 Å². The van der Waals surface area contributed by atoms with Gasteiger partial charge in [0, 0.05) is 11.4 Å². The number of aliphatic imine (C=N–C) groups is 1. The van der Waals surface area contributed by atoms with Crippen LogP contribution in [-0.2, 0) is 20.9 Å². The molecule has 1 N–H and O–H groups in total. The normalized spacial score (nSPS) is 15.6. The van der Waals surface area contributed by atoms with E-state index >= 15 is 0 Å². The van der Waals surface area contributed by atoms with E-state index in [0.29, 0.717) is 33.6 Å². The highest BCUT2D eigenvalue weighted by molar-refractivity contribution is 8.18. The van der Waals surface area contributed by atoms with Gasteiger partial charge in [-0.2, -0.15) is 0 Å². The van der Waals surface area contributed by atoms with Crippen LogP contribution in [0.15, 0.2) is 63.7 Å². The first-order valence-electron chi connectivity index (χ1n) is 10.5. The van der Waals surface area contributed by atoms with Crippen molar-refractivity contribution in [2.75, 3.05) is 13.7 Å². The topological polar surface area (TPSA) is 94.4 Å². The summed E-state index contributed by atoms with van der Waals surface area (Å²) in [6, 6.07) is 12.6. The van der Waals surface area contributed by atoms with Crippen LogP contribution in [0, 0.1) is 0 Å². The van der Waals surface area contributed by atoms with Crippen LogP contribution in [0.1, 0.15) is 31.4 Å². The van der Waals surface area contributed by atoms with Crippen molar-refractivity contribution in [2.45, 2.75) is 26.9 Å². The zero-order valence-electron chi connectivity index (χ0n) is 19.0. The molecule has 1 aliphatic heterocycles. The molecular weight excluding hydrogens is 478 g/mol. The summed E-state index contributed by atoms with van der Waals surface area (Å²) >= 11 is 6.95. The van der Waals surface area contributed by atoms with Gasteiger partial charge in [0.05, 0.1) is 18.6 Å². The van der Waals surface area contributed by atoms with E-state index in [4.69, 9.17) is 25.8 Å². The summed E-state index contributed by atoms with van der Waals surface area (Å²) < 4.78 is 16.4. The molecular formula is C25H24ClNO6S. The van der Waals surface area contributed by atoms with Gasteiger partial charge in [-0.25, -0.2) is 9.79 Å². The average Bonchev–Trinajstić information content (AvgIpc) is 3.13. The number of aliphatic hydroxyl groups excluding tert-OH is 1. The number of carbonyl (C=O) groups excluding carboxylic acids is 2. The molecule has 1 aliphatic rings. The van der Waals surface area contributed by atoms with Gasteiger partial charge in [-0.3, -0.25) is 4.79 Å². The lowest BCUT2D eigenvalue weighted by Crippen LogP contribution is -2.14. The Kier molecular flexibility index (Phi) is 8.79. The number of ether oxygens (including phenoxy) is 3. The monoisotopic (exact) mass is 501 g/mol. The maximum Gasteiger partial charge on any atom is 0.344 e. The third-order valence-electron chi connectivity index (χ3n) is 4.69. The average molecular weight is 502 g/mol. The van der Waals surface area contributed by atoms with E-state index in [1.807, 2.05) is 12.1 Å². The molecule has 0 fully saturated rings. The van der Waals surface area contributed by atoms with Crippen molar-refractivity contribution in [3.8, 4) is 11.5 Å². The second-order valence-corrected chi connectivity index (χ2v) is 8.51. The second kappa shape index (κ2) is 11.8. The van der Waals surface area contributed by atoms with Gasteiger partial charge in [0.2, 0.25) is 5.91 Å². The maximum atomic E-state index is 12.4. The second-order valence-electron chi connectivity index (χ2n) is 7.04. The number of rotatable bonds is 8. The molecule has 0 spiro atoms. The molecule has 0 atom stereocenters. The van der Waals surface area contributed by atoms with E-state index < -0.39 is 11.9 Å². The number of benzene rings is 2. The number of halogens is 1. The van der Waals surface area contributed by atoms with Crippen molar-refractivity contribution >= 4 is 46.4 Å². The minimum Gasteiger partial charge on any atom is -0.506 e. The number of thioether (sulfide) groups is 1. The zero-order chi connectivity index (χ0) is 24.7. The van der Waals surface area contributed by atoms with Gasteiger partial charge in [0.1, 0.15) is 23.0 Å². The van der Waals surface area contributed by atoms with Crippen LogP contribution < -0.4 is 9.47 Å². The first-order chi connectivity index (χ1) is 16.4. The van der Waals surface area contributed by atoms with E-state index in [9.17, 15) is 14.7 Å². The molecule has 2 aromatic rings. The molecule has 9 heteroatoms. The minimum absolute atomic E-state index is 0.115. The molecule has 34 heavy (non-hydrogen) atoms. The van der Waals surface area contributed by atoms with Gasteiger partial charge in [0.15, 0.2) is 11.5 Å². The molecule has 1 heterocycles. The Morgan fingerprint density at radius 2 is 1.85 bits per heavy atom. The number of hydrogen-bond acceptors (Lipinski definition) is 7. The highest BCUT2D eigenvalue weighted by atomic mass is 35.5. The van der Waals surface area contributed by atoms with E-state index in [1.165, 1.54) is 7.11 Å². The Labute approximate surface area is 207 Å². The number of methoxy groups -OCH3 is 1. The highest BCUT2D eigenvalue weighted by Gasteiger charge is 2.33. The van der Waals surface area contributed by atoms with Crippen LogP contribution in [0.4, 0.5) is 0 Å². The third-order valence-corrected chi connectivity index (χ3v) is 5.96. The van der Waals surface area contributed by atoms with Crippen LogP contribution in [0.2, 0.25) is 5.02 Å². The fraction of sp³-hybridized carbons (Fsp3) is 0.240. The number of aliphatic hydroxyl groups is 1. The van der Waals surface area contributed by atoms with E-state index in [0.717, 1.165) is 17.3 Å². The Bertz CT molecular complexity index is 1170. The van der Waals surface area contributed by atoms with Crippen LogP contribution in [0.25, 0.3) is 6.08 Å². The summed E-state index contributed by atoms with van der Waals surface area (Å²) in [5, 5.41) is 11.5. The summed E-state index contributed by atoms with van der Waals surface area (Å²) in [6.07, 6.45) is 1.85. The predicted octanol–water partition coefficient (Wildman–Crippen LogP) is 5.73. The first-order valence-corrected chi connectivity index (χ1v) is 11.7. The van der Waals surface area contributed by atoms with Crippen LogP contribution in [0.5, 0.6) is 11.5 Å². The molecule has 2 aromatic carbocycles. The summed E-state index contributed by atoms with van der Waals surface area (Å²) in [5.41, 5.74) is 1.53. The Morgan fingerprint density at radius 1 is 1.12 bits per heavy atom. The predicted molar refractivity (Wildman–Crippen MR) is 133 cm³/mol. The van der Waals surface area contributed by atoms with Crippen LogP contribution >= 0.6 is 23.4 Å².